The average Bonchev–Trinajstić information content (AvgIpc) is 2.31. The Morgan fingerprint density at radius 2 is 2.00 bits per heavy atom. The Morgan fingerprint density at radius 1 is 1.25 bits per heavy atom. The molecular formula is C11H17N3O2. The summed E-state index contributed by atoms with van der Waals surface area (Å²) in [5.74, 6) is 1.22. The summed E-state index contributed by atoms with van der Waals surface area (Å²) in [6.45, 7) is 0. The number of aromatic nitrogens is 2. The molecule has 1 aromatic rings. The van der Waals surface area contributed by atoms with Crippen LogP contribution in [0.1, 0.15) is 32.1 Å². The van der Waals surface area contributed by atoms with Crippen LogP contribution in [0.4, 0.5) is 5.82 Å². The fourth-order valence-corrected chi connectivity index (χ4v) is 1.99. The lowest BCUT2D eigenvalue weighted by molar-refractivity contribution is 0.143. The predicted octanol–water partition coefficient (Wildman–Crippen LogP) is 1.78. The number of nitrogens with zero attached hydrogens (tertiary/aromatic N) is 2. The summed E-state index contributed by atoms with van der Waals surface area (Å²) in [5.41, 5.74) is 5.68. The van der Waals surface area contributed by atoms with Gasteiger partial charge in [0.15, 0.2) is 5.82 Å². The monoisotopic (exact) mass is 223 g/mol. The van der Waals surface area contributed by atoms with Crippen molar-refractivity contribution in [2.75, 3.05) is 12.8 Å². The molecule has 1 aliphatic rings. The Morgan fingerprint density at radius 3 is 2.69 bits per heavy atom. The molecule has 0 aromatic carbocycles. The van der Waals surface area contributed by atoms with Gasteiger partial charge < -0.3 is 15.2 Å². The molecule has 0 aliphatic heterocycles. The highest BCUT2D eigenvalue weighted by atomic mass is 16.5. The number of rotatable bonds is 3. The zero-order valence-electron chi connectivity index (χ0n) is 9.48. The van der Waals surface area contributed by atoms with E-state index in [0.29, 0.717) is 17.4 Å². The summed E-state index contributed by atoms with van der Waals surface area (Å²) in [6.07, 6.45) is 7.51. The Kier molecular flexibility index (Phi) is 3.44. The molecule has 16 heavy (non-hydrogen) atoms. The minimum atomic E-state index is 0.233. The van der Waals surface area contributed by atoms with Gasteiger partial charge in [-0.2, -0.15) is 4.98 Å². The van der Waals surface area contributed by atoms with Crippen molar-refractivity contribution in [3.63, 3.8) is 0 Å². The zero-order valence-corrected chi connectivity index (χ0v) is 9.48. The maximum Gasteiger partial charge on any atom is 0.262 e. The number of nitrogen functional groups attached to an aromatic ring is 1. The Labute approximate surface area is 95.0 Å². The van der Waals surface area contributed by atoms with Gasteiger partial charge in [0.25, 0.3) is 5.88 Å². The number of hydrogen-bond acceptors (Lipinski definition) is 5. The first-order valence-electron chi connectivity index (χ1n) is 5.62. The van der Waals surface area contributed by atoms with Gasteiger partial charge in [-0.25, -0.2) is 4.98 Å². The second kappa shape index (κ2) is 5.01. The van der Waals surface area contributed by atoms with Crippen LogP contribution in [0.2, 0.25) is 0 Å². The van der Waals surface area contributed by atoms with E-state index >= 15 is 0 Å². The fourth-order valence-electron chi connectivity index (χ4n) is 1.99. The van der Waals surface area contributed by atoms with E-state index in [0.717, 1.165) is 12.8 Å². The van der Waals surface area contributed by atoms with E-state index in [1.807, 2.05) is 0 Å². The van der Waals surface area contributed by atoms with Crippen LogP contribution in [0.5, 0.6) is 11.6 Å². The quantitative estimate of drug-likeness (QED) is 0.845. The van der Waals surface area contributed by atoms with E-state index in [4.69, 9.17) is 15.2 Å². The Hall–Kier alpha value is -1.52. The molecule has 0 saturated heterocycles. The van der Waals surface area contributed by atoms with E-state index in [1.165, 1.54) is 25.6 Å². The lowest BCUT2D eigenvalue weighted by atomic mass is 9.98. The van der Waals surface area contributed by atoms with E-state index in [1.54, 1.807) is 7.11 Å². The van der Waals surface area contributed by atoms with E-state index < -0.39 is 0 Å². The molecule has 0 bridgehead atoms. The van der Waals surface area contributed by atoms with Crippen LogP contribution in [-0.2, 0) is 0 Å². The minimum Gasteiger partial charge on any atom is -0.489 e. The van der Waals surface area contributed by atoms with E-state index in [-0.39, 0.29) is 6.10 Å². The van der Waals surface area contributed by atoms with E-state index in [9.17, 15) is 0 Å². The lowest BCUT2D eigenvalue weighted by Crippen LogP contribution is -2.20. The van der Waals surface area contributed by atoms with Gasteiger partial charge in [0.2, 0.25) is 5.75 Å². The molecule has 1 aromatic heterocycles. The largest absolute Gasteiger partial charge is 0.489 e. The first-order chi connectivity index (χ1) is 7.81. The summed E-state index contributed by atoms with van der Waals surface area (Å²) in [7, 11) is 1.54. The molecule has 2 rings (SSSR count). The highest BCUT2D eigenvalue weighted by Gasteiger charge is 2.19. The van der Waals surface area contributed by atoms with E-state index in [2.05, 4.69) is 9.97 Å². The van der Waals surface area contributed by atoms with Crippen molar-refractivity contribution in [2.24, 2.45) is 0 Å². The molecule has 0 amide bonds. The number of ether oxygens (including phenoxy) is 2. The van der Waals surface area contributed by atoms with Crippen LogP contribution in [0.25, 0.3) is 0 Å². The Balaban J connectivity index is 2.10. The van der Waals surface area contributed by atoms with Gasteiger partial charge in [-0.3, -0.25) is 0 Å². The molecule has 1 fully saturated rings. The van der Waals surface area contributed by atoms with Gasteiger partial charge in [-0.1, -0.05) is 6.42 Å². The fraction of sp³-hybridized carbons (Fsp3) is 0.636. The first-order valence-corrected chi connectivity index (χ1v) is 5.62. The maximum atomic E-state index is 5.80. The molecule has 1 heterocycles. The highest BCUT2D eigenvalue weighted by molar-refractivity contribution is 5.51. The number of anilines is 1. The Bertz CT molecular complexity index is 351. The SMILES string of the molecule is COc1c(N)ncnc1OC1CCCCC1. The van der Waals surface area contributed by atoms with Crippen molar-refractivity contribution >= 4 is 5.82 Å². The standard InChI is InChI=1S/C11H17N3O2/c1-15-9-10(12)13-7-14-11(9)16-8-5-3-2-4-6-8/h7-8H,2-6H2,1H3,(H2,12,13,14). The molecule has 5 nitrogen and oxygen atoms in total. The van der Waals surface area contributed by atoms with Crippen LogP contribution in [0.3, 0.4) is 0 Å². The second-order valence-corrected chi connectivity index (χ2v) is 3.98. The van der Waals surface area contributed by atoms with Gasteiger partial charge in [-0.15, -0.1) is 0 Å². The number of hydrogen-bond donors (Lipinski definition) is 1. The maximum absolute atomic E-state index is 5.80. The molecule has 0 unspecified atom stereocenters. The zero-order chi connectivity index (χ0) is 11.4. The lowest BCUT2D eigenvalue weighted by Gasteiger charge is -2.23. The normalized spacial score (nSPS) is 17.1. The minimum absolute atomic E-state index is 0.233. The molecule has 1 saturated carbocycles. The van der Waals surface area contributed by atoms with Crippen LogP contribution < -0.4 is 15.2 Å². The third-order valence-corrected chi connectivity index (χ3v) is 2.83. The molecule has 0 atom stereocenters. The summed E-state index contributed by atoms with van der Waals surface area (Å²) < 4.78 is 10.9. The molecule has 2 N–H and O–H groups in total. The predicted molar refractivity (Wildman–Crippen MR) is 60.5 cm³/mol. The van der Waals surface area contributed by atoms with Crippen LogP contribution >= 0.6 is 0 Å². The van der Waals surface area contributed by atoms with Crippen molar-refractivity contribution in [2.45, 2.75) is 38.2 Å². The van der Waals surface area contributed by atoms with Crippen LogP contribution in [0.15, 0.2) is 6.33 Å². The van der Waals surface area contributed by atoms with Crippen molar-refractivity contribution in [1.82, 2.24) is 9.97 Å². The molecule has 5 heteroatoms. The topological polar surface area (TPSA) is 70.3 Å². The average molecular weight is 223 g/mol. The summed E-state index contributed by atoms with van der Waals surface area (Å²) >= 11 is 0. The van der Waals surface area contributed by atoms with Gasteiger partial charge in [-0.05, 0) is 25.7 Å². The van der Waals surface area contributed by atoms with Crippen molar-refractivity contribution in [3.05, 3.63) is 6.33 Å². The molecular weight excluding hydrogens is 206 g/mol. The van der Waals surface area contributed by atoms with Crippen LogP contribution in [0, 0.1) is 0 Å². The molecule has 0 spiro atoms. The number of nitrogens with two attached hydrogens (primary N) is 1. The summed E-state index contributed by atoms with van der Waals surface area (Å²) in [5, 5.41) is 0. The molecule has 1 aliphatic carbocycles. The van der Waals surface area contributed by atoms with Gasteiger partial charge in [0, 0.05) is 0 Å². The molecule has 0 radical (unpaired) electrons. The second-order valence-electron chi connectivity index (χ2n) is 3.98. The molecule has 88 valence electrons. The third-order valence-electron chi connectivity index (χ3n) is 2.83. The summed E-state index contributed by atoms with van der Waals surface area (Å²) in [4.78, 5) is 7.93. The smallest absolute Gasteiger partial charge is 0.262 e. The van der Waals surface area contributed by atoms with Crippen molar-refractivity contribution in [1.29, 1.82) is 0 Å². The third kappa shape index (κ3) is 2.35. The van der Waals surface area contributed by atoms with Gasteiger partial charge in [0.1, 0.15) is 12.4 Å². The van der Waals surface area contributed by atoms with Crippen molar-refractivity contribution < 1.29 is 9.47 Å². The summed E-state index contributed by atoms with van der Waals surface area (Å²) in [6, 6.07) is 0. The highest BCUT2D eigenvalue weighted by Crippen LogP contribution is 2.31. The van der Waals surface area contributed by atoms with Gasteiger partial charge in [0.05, 0.1) is 7.11 Å². The number of methoxy groups -OCH3 is 1. The first kappa shape index (κ1) is 11.0. The van der Waals surface area contributed by atoms with Crippen LogP contribution in [-0.4, -0.2) is 23.2 Å². The van der Waals surface area contributed by atoms with Gasteiger partial charge >= 0.3 is 0 Å². The van der Waals surface area contributed by atoms with Crippen molar-refractivity contribution in [3.8, 4) is 11.6 Å².